The molecule has 0 aliphatic heterocycles. The van der Waals surface area contributed by atoms with Crippen molar-refractivity contribution >= 4 is 16.7 Å². The third-order valence-corrected chi connectivity index (χ3v) is 3.21. The minimum atomic E-state index is 0.694. The van der Waals surface area contributed by atoms with Gasteiger partial charge in [0.25, 0.3) is 0 Å². The molecule has 0 atom stereocenters. The molecule has 0 radical (unpaired) electrons. The van der Waals surface area contributed by atoms with Gasteiger partial charge in [-0.05, 0) is 36.9 Å². The monoisotopic (exact) mass is 266 g/mol. The summed E-state index contributed by atoms with van der Waals surface area (Å²) in [5, 5.41) is 6.51. The average molecular weight is 266 g/mol. The van der Waals surface area contributed by atoms with Gasteiger partial charge in [0, 0.05) is 12.2 Å². The fourth-order valence-corrected chi connectivity index (χ4v) is 2.25. The van der Waals surface area contributed by atoms with Gasteiger partial charge in [0.2, 0.25) is 0 Å². The lowest BCUT2D eigenvalue weighted by atomic mass is 10.2. The number of nitrogens with zero attached hydrogens (tertiary/aromatic N) is 1. The van der Waals surface area contributed by atoms with Gasteiger partial charge in [-0.25, -0.2) is 4.98 Å². The highest BCUT2D eigenvalue weighted by Crippen LogP contribution is 2.15. The van der Waals surface area contributed by atoms with Crippen LogP contribution in [0.3, 0.4) is 0 Å². The molecule has 0 bridgehead atoms. The number of rotatable bonds is 5. The number of aromatic amines is 1. The van der Waals surface area contributed by atoms with E-state index in [1.807, 2.05) is 37.4 Å². The number of aromatic nitrogens is 2. The van der Waals surface area contributed by atoms with Crippen LogP contribution >= 0.6 is 0 Å². The Bertz CT molecular complexity index is 688. The Kier molecular flexibility index (Phi) is 3.65. The van der Waals surface area contributed by atoms with Crippen LogP contribution in [0.5, 0.6) is 0 Å². The fourth-order valence-electron chi connectivity index (χ4n) is 2.25. The highest BCUT2D eigenvalue weighted by Gasteiger charge is 2.03. The van der Waals surface area contributed by atoms with Gasteiger partial charge in [0.1, 0.15) is 5.82 Å². The van der Waals surface area contributed by atoms with Crippen LogP contribution in [0, 0.1) is 0 Å². The van der Waals surface area contributed by atoms with E-state index in [1.165, 1.54) is 5.56 Å². The Balaban J connectivity index is 1.75. The summed E-state index contributed by atoms with van der Waals surface area (Å²) in [5.41, 5.74) is 4.45. The molecule has 0 aliphatic rings. The Morgan fingerprint density at radius 1 is 1.05 bits per heavy atom. The van der Waals surface area contributed by atoms with E-state index in [4.69, 9.17) is 0 Å². The molecule has 0 saturated heterocycles. The van der Waals surface area contributed by atoms with E-state index in [2.05, 4.69) is 38.8 Å². The molecule has 102 valence electrons. The molecule has 0 aliphatic carbocycles. The molecule has 3 aromatic rings. The van der Waals surface area contributed by atoms with Crippen LogP contribution in [0.4, 0.5) is 5.69 Å². The van der Waals surface area contributed by atoms with E-state index >= 15 is 0 Å². The molecule has 0 unspecified atom stereocenters. The van der Waals surface area contributed by atoms with Gasteiger partial charge in [0.05, 0.1) is 17.6 Å². The van der Waals surface area contributed by atoms with Crippen molar-refractivity contribution in [3.63, 3.8) is 0 Å². The number of nitrogens with one attached hydrogen (secondary N) is 3. The lowest BCUT2D eigenvalue weighted by Crippen LogP contribution is -2.04. The van der Waals surface area contributed by atoms with Crippen LogP contribution in [0.15, 0.2) is 48.5 Å². The lowest BCUT2D eigenvalue weighted by Gasteiger charge is -2.02. The normalized spacial score (nSPS) is 10.8. The zero-order valence-corrected chi connectivity index (χ0v) is 11.5. The van der Waals surface area contributed by atoms with Crippen molar-refractivity contribution in [3.8, 4) is 0 Å². The molecule has 20 heavy (non-hydrogen) atoms. The number of fused-ring (bicyclic) bond motifs is 1. The quantitative estimate of drug-likeness (QED) is 0.665. The van der Waals surface area contributed by atoms with E-state index < -0.39 is 0 Å². The summed E-state index contributed by atoms with van der Waals surface area (Å²) in [5.74, 6) is 0.950. The molecule has 4 nitrogen and oxygen atoms in total. The molecular weight excluding hydrogens is 248 g/mol. The average Bonchev–Trinajstić information content (AvgIpc) is 2.89. The van der Waals surface area contributed by atoms with E-state index in [1.54, 1.807) is 0 Å². The summed E-state index contributed by atoms with van der Waals surface area (Å²) in [4.78, 5) is 7.95. The van der Waals surface area contributed by atoms with Crippen LogP contribution in [-0.2, 0) is 13.1 Å². The Morgan fingerprint density at radius 3 is 2.70 bits per heavy atom. The molecule has 4 heteroatoms. The summed E-state index contributed by atoms with van der Waals surface area (Å²) in [6.07, 6.45) is 0. The molecule has 2 aromatic carbocycles. The number of para-hydroxylation sites is 1. The number of benzene rings is 2. The van der Waals surface area contributed by atoms with E-state index in [-0.39, 0.29) is 0 Å². The number of imidazole rings is 1. The van der Waals surface area contributed by atoms with Gasteiger partial charge >= 0.3 is 0 Å². The SMILES string of the molecule is CNCc1ccc2nc(CNc3ccccc3)[nH]c2c1. The second kappa shape index (κ2) is 5.75. The molecule has 3 rings (SSSR count). The second-order valence-electron chi connectivity index (χ2n) is 4.78. The molecule has 0 fully saturated rings. The van der Waals surface area contributed by atoms with Gasteiger partial charge in [0.15, 0.2) is 0 Å². The van der Waals surface area contributed by atoms with Crippen LogP contribution in [0.1, 0.15) is 11.4 Å². The molecule has 0 saturated carbocycles. The van der Waals surface area contributed by atoms with Crippen molar-refractivity contribution in [2.24, 2.45) is 0 Å². The predicted octanol–water partition coefficient (Wildman–Crippen LogP) is 2.89. The molecule has 3 N–H and O–H groups in total. The first-order valence-corrected chi connectivity index (χ1v) is 6.76. The van der Waals surface area contributed by atoms with Crippen LogP contribution in [0.25, 0.3) is 11.0 Å². The largest absolute Gasteiger partial charge is 0.378 e. The van der Waals surface area contributed by atoms with Crippen LogP contribution in [-0.4, -0.2) is 17.0 Å². The van der Waals surface area contributed by atoms with E-state index in [0.29, 0.717) is 6.54 Å². The maximum atomic E-state index is 4.59. The highest BCUT2D eigenvalue weighted by atomic mass is 15.0. The molecule has 1 heterocycles. The lowest BCUT2D eigenvalue weighted by molar-refractivity contribution is 0.819. The molecule has 0 amide bonds. The summed E-state index contributed by atoms with van der Waals surface area (Å²) < 4.78 is 0. The summed E-state index contributed by atoms with van der Waals surface area (Å²) in [7, 11) is 1.95. The van der Waals surface area contributed by atoms with Gasteiger partial charge in [-0.2, -0.15) is 0 Å². The standard InChI is InChI=1S/C16H18N4/c1-17-10-12-7-8-14-15(9-12)20-16(19-14)11-18-13-5-3-2-4-6-13/h2-9,17-18H,10-11H2,1H3,(H,19,20). The van der Waals surface area contributed by atoms with E-state index in [0.717, 1.165) is 29.1 Å². The highest BCUT2D eigenvalue weighted by molar-refractivity contribution is 5.75. The predicted molar refractivity (Wildman–Crippen MR) is 82.6 cm³/mol. The Hall–Kier alpha value is -2.33. The Morgan fingerprint density at radius 2 is 1.90 bits per heavy atom. The first-order valence-electron chi connectivity index (χ1n) is 6.76. The molecule has 1 aromatic heterocycles. The summed E-state index contributed by atoms with van der Waals surface area (Å²) in [6.45, 7) is 1.56. The van der Waals surface area contributed by atoms with Gasteiger partial charge < -0.3 is 15.6 Å². The van der Waals surface area contributed by atoms with Gasteiger partial charge in [-0.3, -0.25) is 0 Å². The Labute approximate surface area is 118 Å². The maximum Gasteiger partial charge on any atom is 0.126 e. The third kappa shape index (κ3) is 2.81. The zero-order valence-electron chi connectivity index (χ0n) is 11.5. The topological polar surface area (TPSA) is 52.7 Å². The minimum Gasteiger partial charge on any atom is -0.378 e. The first-order chi connectivity index (χ1) is 9.85. The molecule has 0 spiro atoms. The van der Waals surface area contributed by atoms with Crippen molar-refractivity contribution in [2.45, 2.75) is 13.1 Å². The first kappa shape index (κ1) is 12.7. The number of hydrogen-bond donors (Lipinski definition) is 3. The van der Waals surface area contributed by atoms with E-state index in [9.17, 15) is 0 Å². The maximum absolute atomic E-state index is 4.59. The number of H-pyrrole nitrogens is 1. The summed E-state index contributed by atoms with van der Waals surface area (Å²) >= 11 is 0. The number of hydrogen-bond acceptors (Lipinski definition) is 3. The minimum absolute atomic E-state index is 0.694. The van der Waals surface area contributed by atoms with Crippen molar-refractivity contribution in [1.82, 2.24) is 15.3 Å². The van der Waals surface area contributed by atoms with Crippen molar-refractivity contribution < 1.29 is 0 Å². The second-order valence-corrected chi connectivity index (χ2v) is 4.78. The number of anilines is 1. The van der Waals surface area contributed by atoms with Crippen LogP contribution in [0.2, 0.25) is 0 Å². The van der Waals surface area contributed by atoms with Crippen molar-refractivity contribution in [2.75, 3.05) is 12.4 Å². The third-order valence-electron chi connectivity index (χ3n) is 3.21. The van der Waals surface area contributed by atoms with Crippen molar-refractivity contribution in [1.29, 1.82) is 0 Å². The van der Waals surface area contributed by atoms with Crippen LogP contribution < -0.4 is 10.6 Å². The van der Waals surface area contributed by atoms with Gasteiger partial charge in [-0.15, -0.1) is 0 Å². The van der Waals surface area contributed by atoms with Gasteiger partial charge in [-0.1, -0.05) is 24.3 Å². The summed E-state index contributed by atoms with van der Waals surface area (Å²) in [6, 6.07) is 16.5. The smallest absolute Gasteiger partial charge is 0.126 e. The molecular formula is C16H18N4. The fraction of sp³-hybridized carbons (Fsp3) is 0.188. The zero-order chi connectivity index (χ0) is 13.8. The van der Waals surface area contributed by atoms with Crippen molar-refractivity contribution in [3.05, 3.63) is 59.9 Å².